The first-order valence-electron chi connectivity index (χ1n) is 9.68. The van der Waals surface area contributed by atoms with Crippen LogP contribution in [0.5, 0.6) is 11.5 Å². The molecule has 154 valence electrons. The molecule has 6 rings (SSSR count). The van der Waals surface area contributed by atoms with Crippen LogP contribution in [0.3, 0.4) is 0 Å². The summed E-state index contributed by atoms with van der Waals surface area (Å²) in [5, 5.41) is 11.6. The number of hydrogen-bond acceptors (Lipinski definition) is 6. The van der Waals surface area contributed by atoms with Gasteiger partial charge in [0.15, 0.2) is 17.2 Å². The lowest BCUT2D eigenvalue weighted by Crippen LogP contribution is -2.14. The second-order valence-electron chi connectivity index (χ2n) is 7.46. The van der Waals surface area contributed by atoms with E-state index < -0.39 is 0 Å². The summed E-state index contributed by atoms with van der Waals surface area (Å²) in [7, 11) is 1.69. The molecule has 0 aliphatic carbocycles. The van der Waals surface area contributed by atoms with Crippen molar-refractivity contribution in [2.75, 3.05) is 11.9 Å². The fourth-order valence-electron chi connectivity index (χ4n) is 4.07. The molecule has 0 radical (unpaired) electrons. The van der Waals surface area contributed by atoms with Crippen molar-refractivity contribution >= 4 is 17.0 Å². The third-order valence-electron chi connectivity index (χ3n) is 5.62. The zero-order valence-corrected chi connectivity index (χ0v) is 16.4. The first-order valence-corrected chi connectivity index (χ1v) is 9.68. The van der Waals surface area contributed by atoms with Crippen LogP contribution >= 0.6 is 0 Å². The maximum Gasteiger partial charge on any atom is 0.250 e. The predicted octanol–water partition coefficient (Wildman–Crippen LogP) is 2.97. The smallest absolute Gasteiger partial charge is 0.250 e. The third-order valence-corrected chi connectivity index (χ3v) is 5.62. The van der Waals surface area contributed by atoms with Gasteiger partial charge < -0.3 is 19.4 Å². The molecule has 8 nitrogen and oxygen atoms in total. The molecule has 31 heavy (non-hydrogen) atoms. The fourth-order valence-corrected chi connectivity index (χ4v) is 4.07. The number of nitrogens with zero attached hydrogens (tertiary/aromatic N) is 4. The van der Waals surface area contributed by atoms with Gasteiger partial charge in [-0.15, -0.1) is 10.2 Å². The van der Waals surface area contributed by atoms with Gasteiger partial charge in [-0.25, -0.2) is 4.39 Å². The molecule has 4 aromatic rings. The molecule has 0 spiro atoms. The van der Waals surface area contributed by atoms with Crippen LogP contribution < -0.4 is 20.3 Å². The lowest BCUT2D eigenvalue weighted by molar-refractivity contribution is 0.384. The molecular weight excluding hydrogens is 401 g/mol. The summed E-state index contributed by atoms with van der Waals surface area (Å²) in [6, 6.07) is 8.13. The number of anilines is 1. The molecule has 1 N–H and O–H groups in total. The molecule has 3 aromatic heterocycles. The molecule has 0 unspecified atom stereocenters. The largest absolute Gasteiger partial charge is 0.488 e. The summed E-state index contributed by atoms with van der Waals surface area (Å²) in [6.07, 6.45) is 4.91. The van der Waals surface area contributed by atoms with E-state index in [1.165, 1.54) is 16.7 Å². The van der Waals surface area contributed by atoms with Gasteiger partial charge in [0.2, 0.25) is 5.56 Å². The maximum atomic E-state index is 14.7. The number of ether oxygens (including phenoxy) is 2. The molecule has 0 atom stereocenters. The highest BCUT2D eigenvalue weighted by atomic mass is 19.1. The minimum atomic E-state index is -0.312. The van der Waals surface area contributed by atoms with Crippen LogP contribution in [-0.4, -0.2) is 25.8 Å². The Kier molecular flexibility index (Phi) is 3.67. The van der Waals surface area contributed by atoms with Gasteiger partial charge in [-0.1, -0.05) is 0 Å². The third kappa shape index (κ3) is 2.63. The van der Waals surface area contributed by atoms with E-state index in [2.05, 4.69) is 15.5 Å². The Bertz CT molecular complexity index is 1470. The summed E-state index contributed by atoms with van der Waals surface area (Å²) in [5.41, 5.74) is 4.02. The molecule has 0 amide bonds. The van der Waals surface area contributed by atoms with E-state index in [9.17, 15) is 9.18 Å². The highest BCUT2D eigenvalue weighted by molar-refractivity contribution is 5.83. The monoisotopic (exact) mass is 417 g/mol. The predicted molar refractivity (Wildman–Crippen MR) is 111 cm³/mol. The fraction of sp³-hybridized carbons (Fsp3) is 0.136. The van der Waals surface area contributed by atoms with Crippen molar-refractivity contribution in [3.05, 3.63) is 76.4 Å². The van der Waals surface area contributed by atoms with Gasteiger partial charge in [0, 0.05) is 53.7 Å². The van der Waals surface area contributed by atoms with E-state index in [1.54, 1.807) is 42.4 Å². The Morgan fingerprint density at radius 1 is 1.19 bits per heavy atom. The second kappa shape index (κ2) is 6.43. The van der Waals surface area contributed by atoms with E-state index in [-0.39, 0.29) is 17.9 Å². The molecule has 0 bridgehead atoms. The van der Waals surface area contributed by atoms with Gasteiger partial charge in [-0.2, -0.15) is 0 Å². The van der Waals surface area contributed by atoms with Gasteiger partial charge in [0.1, 0.15) is 24.5 Å². The van der Waals surface area contributed by atoms with Crippen molar-refractivity contribution in [2.24, 2.45) is 7.05 Å². The van der Waals surface area contributed by atoms with Crippen LogP contribution in [0.4, 0.5) is 10.2 Å². The Hall–Kier alpha value is -4.14. The van der Waals surface area contributed by atoms with E-state index in [0.29, 0.717) is 35.1 Å². The number of benzene rings is 1. The quantitative estimate of drug-likeness (QED) is 0.513. The molecule has 0 saturated heterocycles. The highest BCUT2D eigenvalue weighted by Gasteiger charge is 2.27. The zero-order valence-electron chi connectivity index (χ0n) is 16.4. The van der Waals surface area contributed by atoms with E-state index in [1.807, 2.05) is 6.07 Å². The van der Waals surface area contributed by atoms with Crippen molar-refractivity contribution in [3.8, 4) is 22.6 Å². The summed E-state index contributed by atoms with van der Waals surface area (Å²) in [6.45, 7) is 0.544. The minimum Gasteiger partial charge on any atom is -0.488 e. The van der Waals surface area contributed by atoms with E-state index >= 15 is 0 Å². The van der Waals surface area contributed by atoms with Crippen molar-refractivity contribution in [1.29, 1.82) is 0 Å². The minimum absolute atomic E-state index is 0.108. The van der Waals surface area contributed by atoms with Crippen molar-refractivity contribution in [3.63, 3.8) is 0 Å². The average Bonchev–Trinajstić information content (AvgIpc) is 3.41. The first kappa shape index (κ1) is 17.7. The lowest BCUT2D eigenvalue weighted by atomic mass is 10.0. The van der Waals surface area contributed by atoms with Crippen LogP contribution in [0.25, 0.3) is 22.3 Å². The number of rotatable bonds is 1. The lowest BCUT2D eigenvalue weighted by Gasteiger charge is -2.16. The number of fused-ring (bicyclic) bond motifs is 3. The van der Waals surface area contributed by atoms with E-state index in [0.717, 1.165) is 22.3 Å². The number of nitrogens with one attached hydrogen (secondary N) is 1. The number of halogens is 1. The van der Waals surface area contributed by atoms with Crippen LogP contribution in [0.1, 0.15) is 11.1 Å². The summed E-state index contributed by atoms with van der Waals surface area (Å²) < 4.78 is 29.7. The number of hydrogen-bond donors (Lipinski definition) is 1. The zero-order chi connectivity index (χ0) is 21.1. The van der Waals surface area contributed by atoms with Crippen LogP contribution in [-0.2, 0) is 13.6 Å². The van der Waals surface area contributed by atoms with Crippen molar-refractivity contribution in [1.82, 2.24) is 19.2 Å². The molecular formula is C22H16FN5O3. The van der Waals surface area contributed by atoms with E-state index in [4.69, 9.17) is 9.47 Å². The van der Waals surface area contributed by atoms with Gasteiger partial charge in [0.05, 0.1) is 6.26 Å². The van der Waals surface area contributed by atoms with Crippen molar-refractivity contribution in [2.45, 2.75) is 6.54 Å². The SMILES string of the molecule is Cn1cc(-c2cc3c(n4cnnc24)NCc2c(F)ccc4c2/C(=C/O3)CO4)ccc1=O. The van der Waals surface area contributed by atoms with Crippen LogP contribution in [0, 0.1) is 5.82 Å². The standard InChI is InChI=1S/C22H16FN5O3/c1-27-8-12(2-5-19(27)29)14-6-18-22(28-11-25-26-21(14)28)24-7-15-16(23)3-4-17-20(15)13(9-30-17)10-31-18/h2-6,8,10-11,24H,7,9H2,1H3/b13-10+. The van der Waals surface area contributed by atoms with Gasteiger partial charge in [-0.05, 0) is 24.3 Å². The van der Waals surface area contributed by atoms with Crippen molar-refractivity contribution < 1.29 is 13.9 Å². The molecule has 0 fully saturated rings. The summed E-state index contributed by atoms with van der Waals surface area (Å²) >= 11 is 0. The summed E-state index contributed by atoms with van der Waals surface area (Å²) in [4.78, 5) is 11.8. The molecule has 0 saturated carbocycles. The van der Waals surface area contributed by atoms with Gasteiger partial charge in [0.25, 0.3) is 0 Å². The topological polar surface area (TPSA) is 82.7 Å². The molecule has 1 aromatic carbocycles. The second-order valence-corrected chi connectivity index (χ2v) is 7.46. The normalized spacial score (nSPS) is 16.0. The molecule has 2 aliphatic rings. The Balaban J connectivity index is 1.56. The average molecular weight is 417 g/mol. The highest BCUT2D eigenvalue weighted by Crippen LogP contribution is 2.41. The Morgan fingerprint density at radius 2 is 2.10 bits per heavy atom. The first-order chi connectivity index (χ1) is 15.1. The molecule has 2 aliphatic heterocycles. The van der Waals surface area contributed by atoms with Crippen LogP contribution in [0.15, 0.2) is 53.9 Å². The molecule has 5 heterocycles. The summed E-state index contributed by atoms with van der Waals surface area (Å²) in [5.74, 6) is 1.45. The number of aryl methyl sites for hydroxylation is 1. The Labute approximate surface area is 175 Å². The number of aromatic nitrogens is 4. The van der Waals surface area contributed by atoms with Gasteiger partial charge >= 0.3 is 0 Å². The van der Waals surface area contributed by atoms with Gasteiger partial charge in [-0.3, -0.25) is 9.20 Å². The molecule has 9 heteroatoms. The number of pyridine rings is 2. The van der Waals surface area contributed by atoms with Crippen LogP contribution in [0.2, 0.25) is 0 Å². The maximum absolute atomic E-state index is 14.7. The Morgan fingerprint density at radius 3 is 2.97 bits per heavy atom.